The molecule has 0 spiro atoms. The van der Waals surface area contributed by atoms with Crippen molar-refractivity contribution < 1.29 is 26.5 Å². The van der Waals surface area contributed by atoms with Gasteiger partial charge in [-0.1, -0.05) is 0 Å². The minimum absolute atomic E-state index is 0. The Hall–Kier alpha value is -0.721. The maximum absolute atomic E-state index is 8.51. The maximum atomic E-state index is 8.51. The van der Waals surface area contributed by atoms with Crippen LogP contribution >= 0.6 is 8.69 Å². The summed E-state index contributed by atoms with van der Waals surface area (Å²) in [6.07, 6.45) is 0. The average Bonchev–Trinajstić information content (AvgIpc) is 2.85. The van der Waals surface area contributed by atoms with E-state index in [1.165, 1.54) is 0 Å². The summed E-state index contributed by atoms with van der Waals surface area (Å²) < 4.78 is 8.51. The largest absolute Gasteiger partial charge is 0.748 e. The van der Waals surface area contributed by atoms with Crippen LogP contribution < -0.4 is 0 Å². The predicted octanol–water partition coefficient (Wildman–Crippen LogP) is 2.73. The van der Waals surface area contributed by atoms with Gasteiger partial charge in [-0.2, -0.15) is 23.1 Å². The molecule has 0 aliphatic heterocycles. The molecule has 14 heavy (non-hydrogen) atoms. The fourth-order valence-electron chi connectivity index (χ4n) is 0.642. The van der Waals surface area contributed by atoms with Crippen LogP contribution in [0, 0.1) is 0 Å². The fraction of sp³-hybridized carbons (Fsp3) is 0. The normalized spacial score (nSPS) is 7.21. The summed E-state index contributed by atoms with van der Waals surface area (Å²) in [7, 11) is -1.17. The van der Waals surface area contributed by atoms with Crippen LogP contribution in [0.3, 0.4) is 0 Å². The first-order valence-corrected chi connectivity index (χ1v) is 4.62. The molecule has 82 valence electrons. The second kappa shape index (κ2) is 14.8. The molecule has 0 aliphatic carbocycles. The van der Waals surface area contributed by atoms with Gasteiger partial charge in [0.2, 0.25) is 0 Å². The van der Waals surface area contributed by atoms with E-state index in [4.69, 9.17) is 9.46 Å². The fourth-order valence-corrected chi connectivity index (χ4v) is 0.642. The molecule has 0 fully saturated rings. The van der Waals surface area contributed by atoms with Crippen molar-refractivity contribution in [1.82, 2.24) is 0 Å². The minimum Gasteiger partial charge on any atom is -0.748 e. The third kappa shape index (κ3) is 13.8. The molecule has 1 atom stereocenters. The molecule has 0 saturated carbocycles. The summed E-state index contributed by atoms with van der Waals surface area (Å²) in [4.78, 5) is 7.04. The summed E-state index contributed by atoms with van der Waals surface area (Å²) in [5.41, 5.74) is 0. The van der Waals surface area contributed by atoms with Gasteiger partial charge < -0.3 is 30.3 Å². The molecule has 4 heteroatoms. The summed E-state index contributed by atoms with van der Waals surface area (Å²) >= 11 is 0. The van der Waals surface area contributed by atoms with Gasteiger partial charge in [0.15, 0.2) is 0 Å². The molecule has 0 heterocycles. The Morgan fingerprint density at radius 1 is 0.929 bits per heavy atom. The Bertz CT molecular complexity index is 193. The van der Waals surface area contributed by atoms with E-state index in [-0.39, 0.29) is 17.1 Å². The van der Waals surface area contributed by atoms with Gasteiger partial charge in [-0.3, -0.25) is 0 Å². The van der Waals surface area contributed by atoms with Crippen LogP contribution in [0.1, 0.15) is 0 Å². The van der Waals surface area contributed by atoms with Crippen molar-refractivity contribution in [2.75, 3.05) is 0 Å². The second-order valence-corrected chi connectivity index (χ2v) is 2.20. The van der Waals surface area contributed by atoms with E-state index >= 15 is 0 Å². The standard InChI is InChI=1S/2C5H5.Fe.HO2P/c2*1-2-4-5-3-1;;1-3-2/h2*1-5H;;3H/q-5;-1;;/p+1. The SMILES string of the molecule is O=[PH+]O.[Fe].[cH-]1[cH-][cH-][cH-][cH-]1.c1cc[cH-]c1. The van der Waals surface area contributed by atoms with Gasteiger partial charge in [-0.15, -0.1) is 0 Å². The Kier molecular flexibility index (Phi) is 16.6. The Morgan fingerprint density at radius 2 is 1.21 bits per heavy atom. The Labute approximate surface area is 96.1 Å². The van der Waals surface area contributed by atoms with E-state index in [2.05, 4.69) is 0 Å². The first-order valence-electron chi connectivity index (χ1n) is 3.76. The topological polar surface area (TPSA) is 37.3 Å². The maximum Gasteiger partial charge on any atom is 0.491 e. The van der Waals surface area contributed by atoms with Gasteiger partial charge in [0.1, 0.15) is 0 Å². The molecule has 2 nitrogen and oxygen atoms in total. The van der Waals surface area contributed by atoms with Gasteiger partial charge in [0, 0.05) is 17.1 Å². The molecule has 0 saturated heterocycles. The van der Waals surface area contributed by atoms with Crippen LogP contribution in [0.5, 0.6) is 0 Å². The first kappa shape index (κ1) is 15.7. The van der Waals surface area contributed by atoms with Gasteiger partial charge in [-0.05, 0) is 4.57 Å². The molecular weight excluding hydrogens is 239 g/mol. The molecule has 2 aromatic rings. The summed E-state index contributed by atoms with van der Waals surface area (Å²) in [5.74, 6) is 0. The molecule has 1 unspecified atom stereocenters. The number of hydrogen-bond donors (Lipinski definition) is 1. The predicted molar refractivity (Wildman–Crippen MR) is 55.3 cm³/mol. The molecule has 0 amide bonds. The van der Waals surface area contributed by atoms with Gasteiger partial charge in [0.25, 0.3) is 0 Å². The van der Waals surface area contributed by atoms with E-state index < -0.39 is 8.69 Å². The van der Waals surface area contributed by atoms with E-state index in [0.29, 0.717) is 0 Å². The van der Waals surface area contributed by atoms with E-state index in [0.717, 1.165) is 0 Å². The van der Waals surface area contributed by atoms with Crippen molar-refractivity contribution in [2.24, 2.45) is 0 Å². The Morgan fingerprint density at radius 3 is 1.36 bits per heavy atom. The molecular formula is C10H12FeO2P-5. The molecule has 0 bridgehead atoms. The van der Waals surface area contributed by atoms with E-state index in [1.54, 1.807) is 0 Å². The van der Waals surface area contributed by atoms with Crippen LogP contribution in [0.15, 0.2) is 60.7 Å². The van der Waals surface area contributed by atoms with Crippen LogP contribution in [0.4, 0.5) is 0 Å². The zero-order valence-electron chi connectivity index (χ0n) is 7.48. The number of rotatable bonds is 0. The monoisotopic (exact) mass is 251 g/mol. The zero-order chi connectivity index (χ0) is 9.78. The van der Waals surface area contributed by atoms with E-state index in [1.807, 2.05) is 60.7 Å². The summed E-state index contributed by atoms with van der Waals surface area (Å²) in [5, 5.41) is 0. The first-order chi connectivity index (χ1) is 6.41. The second-order valence-electron chi connectivity index (χ2n) is 2.02. The smallest absolute Gasteiger partial charge is 0.491 e. The summed E-state index contributed by atoms with van der Waals surface area (Å²) in [6, 6.07) is 20.0. The van der Waals surface area contributed by atoms with Crippen molar-refractivity contribution in [3.05, 3.63) is 60.7 Å². The average molecular weight is 251 g/mol. The van der Waals surface area contributed by atoms with Crippen molar-refractivity contribution in [1.29, 1.82) is 0 Å². The number of hydrogen-bond acceptors (Lipinski definition) is 1. The third-order valence-electron chi connectivity index (χ3n) is 1.11. The van der Waals surface area contributed by atoms with Crippen LogP contribution in [0.2, 0.25) is 0 Å². The van der Waals surface area contributed by atoms with Crippen molar-refractivity contribution in [2.45, 2.75) is 0 Å². The van der Waals surface area contributed by atoms with Gasteiger partial charge in [-0.25, -0.2) is 12.1 Å². The summed E-state index contributed by atoms with van der Waals surface area (Å²) in [6.45, 7) is 0. The third-order valence-corrected chi connectivity index (χ3v) is 1.11. The molecule has 0 aliphatic rings. The van der Waals surface area contributed by atoms with E-state index in [9.17, 15) is 0 Å². The molecule has 0 aromatic heterocycles. The van der Waals surface area contributed by atoms with Crippen LogP contribution in [-0.4, -0.2) is 4.89 Å². The zero-order valence-corrected chi connectivity index (χ0v) is 9.59. The minimum atomic E-state index is -1.17. The van der Waals surface area contributed by atoms with Gasteiger partial charge in [0.05, 0.1) is 0 Å². The van der Waals surface area contributed by atoms with Crippen molar-refractivity contribution in [3.8, 4) is 0 Å². The quantitative estimate of drug-likeness (QED) is 0.444. The molecule has 0 radical (unpaired) electrons. The van der Waals surface area contributed by atoms with Crippen LogP contribution in [0.25, 0.3) is 0 Å². The van der Waals surface area contributed by atoms with Gasteiger partial charge >= 0.3 is 8.69 Å². The molecule has 1 N–H and O–H groups in total. The Balaban J connectivity index is 0. The van der Waals surface area contributed by atoms with Crippen molar-refractivity contribution >= 4 is 8.69 Å². The molecule has 2 rings (SSSR count). The molecule has 2 aromatic carbocycles. The van der Waals surface area contributed by atoms with Crippen molar-refractivity contribution in [3.63, 3.8) is 0 Å². The van der Waals surface area contributed by atoms with Crippen LogP contribution in [-0.2, 0) is 21.6 Å².